The van der Waals surface area contributed by atoms with Gasteiger partial charge in [0.15, 0.2) is 0 Å². The Hall–Kier alpha value is -2.40. The number of hydrogen-bond acceptors (Lipinski definition) is 4. The first kappa shape index (κ1) is 16.5. The number of nitrogens with one attached hydrogen (secondary N) is 1. The highest BCUT2D eigenvalue weighted by Gasteiger charge is 2.10. The van der Waals surface area contributed by atoms with E-state index >= 15 is 0 Å². The summed E-state index contributed by atoms with van der Waals surface area (Å²) >= 11 is 1.41. The van der Waals surface area contributed by atoms with Crippen molar-refractivity contribution in [2.75, 3.05) is 11.1 Å². The number of amides is 1. The summed E-state index contributed by atoms with van der Waals surface area (Å²) in [5, 5.41) is 3.77. The second-order valence-corrected chi connectivity index (χ2v) is 6.65. The van der Waals surface area contributed by atoms with Gasteiger partial charge in [-0.15, -0.1) is 0 Å². The van der Waals surface area contributed by atoms with E-state index in [0.717, 1.165) is 38.6 Å². The molecule has 0 unspecified atom stereocenters. The van der Waals surface area contributed by atoms with Gasteiger partial charge < -0.3 is 5.32 Å². The van der Waals surface area contributed by atoms with Gasteiger partial charge >= 0.3 is 0 Å². The van der Waals surface area contributed by atoms with Crippen molar-refractivity contribution in [1.82, 2.24) is 9.97 Å². The van der Waals surface area contributed by atoms with Crippen molar-refractivity contribution in [3.05, 3.63) is 59.3 Å². The topological polar surface area (TPSA) is 54.9 Å². The molecule has 5 heteroatoms. The van der Waals surface area contributed by atoms with Crippen LogP contribution in [0.5, 0.6) is 0 Å². The molecule has 3 rings (SSSR count). The van der Waals surface area contributed by atoms with Crippen LogP contribution in [-0.2, 0) is 4.79 Å². The van der Waals surface area contributed by atoms with Gasteiger partial charge in [0.25, 0.3) is 0 Å². The Morgan fingerprint density at radius 2 is 1.71 bits per heavy atom. The average Bonchev–Trinajstić information content (AvgIpc) is 2.57. The number of nitrogens with zero attached hydrogens (tertiary/aromatic N) is 2. The van der Waals surface area contributed by atoms with E-state index in [0.29, 0.717) is 5.75 Å². The van der Waals surface area contributed by atoms with E-state index in [2.05, 4.69) is 15.3 Å². The Morgan fingerprint density at radius 3 is 2.46 bits per heavy atom. The molecule has 1 N–H and O–H groups in total. The molecule has 2 aromatic carbocycles. The van der Waals surface area contributed by atoms with E-state index in [4.69, 9.17) is 0 Å². The number of para-hydroxylation sites is 2. The average molecular weight is 337 g/mol. The minimum absolute atomic E-state index is 0.0388. The van der Waals surface area contributed by atoms with Crippen LogP contribution in [0.4, 0.5) is 5.69 Å². The number of carbonyl (C=O) groups excluding carboxylic acids is 1. The van der Waals surface area contributed by atoms with Gasteiger partial charge in [-0.25, -0.2) is 9.97 Å². The SMILES string of the molecule is Cc1cccc(NC(=O)CSc2nc3ccccc3nc2C)c1C. The molecular formula is C19H19N3OS. The van der Waals surface area contributed by atoms with E-state index in [-0.39, 0.29) is 5.91 Å². The third-order valence-electron chi connectivity index (χ3n) is 3.92. The summed E-state index contributed by atoms with van der Waals surface area (Å²) in [5.41, 5.74) is 5.69. The van der Waals surface area contributed by atoms with E-state index in [1.807, 2.05) is 63.2 Å². The normalized spacial score (nSPS) is 10.8. The third kappa shape index (κ3) is 3.57. The van der Waals surface area contributed by atoms with Gasteiger partial charge in [0.2, 0.25) is 5.91 Å². The maximum atomic E-state index is 12.2. The van der Waals surface area contributed by atoms with Crippen molar-refractivity contribution in [3.8, 4) is 0 Å². The standard InChI is InChI=1S/C19H19N3OS/c1-12-7-6-10-15(13(12)2)21-18(23)11-24-19-14(3)20-16-8-4-5-9-17(16)22-19/h4-10H,11H2,1-3H3,(H,21,23). The Kier molecular flexibility index (Phi) is 4.81. The predicted molar refractivity (Wildman–Crippen MR) is 99.5 cm³/mol. The zero-order valence-electron chi connectivity index (χ0n) is 14.0. The number of anilines is 1. The summed E-state index contributed by atoms with van der Waals surface area (Å²) in [6, 6.07) is 13.7. The molecule has 0 aliphatic carbocycles. The lowest BCUT2D eigenvalue weighted by atomic mass is 10.1. The molecular weight excluding hydrogens is 318 g/mol. The van der Waals surface area contributed by atoms with Gasteiger partial charge in [-0.2, -0.15) is 0 Å². The first-order valence-corrected chi connectivity index (χ1v) is 8.75. The highest BCUT2D eigenvalue weighted by molar-refractivity contribution is 8.00. The molecule has 0 atom stereocenters. The van der Waals surface area contributed by atoms with Gasteiger partial charge in [-0.1, -0.05) is 36.0 Å². The Bertz CT molecular complexity index is 908. The summed E-state index contributed by atoms with van der Waals surface area (Å²) in [6.45, 7) is 5.97. The molecule has 0 saturated carbocycles. The fraction of sp³-hybridized carbons (Fsp3) is 0.211. The number of benzene rings is 2. The number of thioether (sulfide) groups is 1. The van der Waals surface area contributed by atoms with E-state index in [1.165, 1.54) is 11.8 Å². The summed E-state index contributed by atoms with van der Waals surface area (Å²) in [7, 11) is 0. The lowest BCUT2D eigenvalue weighted by Gasteiger charge is -2.10. The van der Waals surface area contributed by atoms with E-state index in [9.17, 15) is 4.79 Å². The minimum Gasteiger partial charge on any atom is -0.325 e. The molecule has 1 amide bonds. The minimum atomic E-state index is -0.0388. The van der Waals surface area contributed by atoms with Crippen molar-refractivity contribution in [1.29, 1.82) is 0 Å². The number of rotatable bonds is 4. The van der Waals surface area contributed by atoms with E-state index in [1.54, 1.807) is 0 Å². The second-order valence-electron chi connectivity index (χ2n) is 5.69. The maximum Gasteiger partial charge on any atom is 0.234 e. The molecule has 1 heterocycles. The van der Waals surface area contributed by atoms with Crippen LogP contribution in [0.1, 0.15) is 16.8 Å². The fourth-order valence-corrected chi connectivity index (χ4v) is 3.17. The molecule has 3 aromatic rings. The third-order valence-corrected chi connectivity index (χ3v) is 4.99. The highest BCUT2D eigenvalue weighted by atomic mass is 32.2. The van der Waals surface area contributed by atoms with Crippen LogP contribution >= 0.6 is 11.8 Å². The van der Waals surface area contributed by atoms with Gasteiger partial charge in [-0.3, -0.25) is 4.79 Å². The predicted octanol–water partition coefficient (Wildman–Crippen LogP) is 4.29. The quantitative estimate of drug-likeness (QED) is 0.722. The largest absolute Gasteiger partial charge is 0.325 e. The number of aromatic nitrogens is 2. The van der Waals surface area contributed by atoms with Crippen LogP contribution in [-0.4, -0.2) is 21.6 Å². The Balaban J connectivity index is 1.70. The smallest absolute Gasteiger partial charge is 0.234 e. The Morgan fingerprint density at radius 1 is 1.00 bits per heavy atom. The molecule has 0 fully saturated rings. The maximum absolute atomic E-state index is 12.2. The van der Waals surface area contributed by atoms with Crippen LogP contribution in [0.2, 0.25) is 0 Å². The van der Waals surface area contributed by atoms with Crippen molar-refractivity contribution >= 4 is 34.4 Å². The summed E-state index contributed by atoms with van der Waals surface area (Å²) < 4.78 is 0. The van der Waals surface area contributed by atoms with Gasteiger partial charge in [0.05, 0.1) is 22.5 Å². The van der Waals surface area contributed by atoms with Crippen molar-refractivity contribution in [2.24, 2.45) is 0 Å². The molecule has 0 aliphatic heterocycles. The van der Waals surface area contributed by atoms with Crippen LogP contribution in [0.3, 0.4) is 0 Å². The molecule has 0 spiro atoms. The molecule has 0 aliphatic rings. The zero-order valence-corrected chi connectivity index (χ0v) is 14.8. The summed E-state index contributed by atoms with van der Waals surface area (Å²) in [5.74, 6) is 0.268. The molecule has 4 nitrogen and oxygen atoms in total. The summed E-state index contributed by atoms with van der Waals surface area (Å²) in [4.78, 5) is 21.4. The number of carbonyl (C=O) groups is 1. The summed E-state index contributed by atoms with van der Waals surface area (Å²) in [6.07, 6.45) is 0. The zero-order chi connectivity index (χ0) is 17.1. The van der Waals surface area contributed by atoms with E-state index < -0.39 is 0 Å². The van der Waals surface area contributed by atoms with Gasteiger partial charge in [0.1, 0.15) is 5.03 Å². The monoisotopic (exact) mass is 337 g/mol. The van der Waals surface area contributed by atoms with Crippen LogP contribution < -0.4 is 5.32 Å². The number of fused-ring (bicyclic) bond motifs is 1. The molecule has 0 saturated heterocycles. The van der Waals surface area contributed by atoms with Crippen LogP contribution in [0.15, 0.2) is 47.5 Å². The van der Waals surface area contributed by atoms with Crippen LogP contribution in [0, 0.1) is 20.8 Å². The van der Waals surface area contributed by atoms with Crippen molar-refractivity contribution in [2.45, 2.75) is 25.8 Å². The molecule has 122 valence electrons. The van der Waals surface area contributed by atoms with Gasteiger partial charge in [0, 0.05) is 5.69 Å². The lowest BCUT2D eigenvalue weighted by molar-refractivity contribution is -0.113. The van der Waals surface area contributed by atoms with Crippen LogP contribution in [0.25, 0.3) is 11.0 Å². The lowest BCUT2D eigenvalue weighted by Crippen LogP contribution is -2.15. The number of hydrogen-bond donors (Lipinski definition) is 1. The van der Waals surface area contributed by atoms with Crippen molar-refractivity contribution in [3.63, 3.8) is 0 Å². The highest BCUT2D eigenvalue weighted by Crippen LogP contribution is 2.23. The second kappa shape index (κ2) is 7.01. The molecule has 24 heavy (non-hydrogen) atoms. The first-order valence-electron chi connectivity index (χ1n) is 7.77. The van der Waals surface area contributed by atoms with Gasteiger partial charge in [-0.05, 0) is 50.1 Å². The number of aryl methyl sites for hydroxylation is 2. The molecule has 0 bridgehead atoms. The molecule has 1 aromatic heterocycles. The fourth-order valence-electron chi connectivity index (χ4n) is 2.42. The molecule has 0 radical (unpaired) electrons. The van der Waals surface area contributed by atoms with Crippen molar-refractivity contribution < 1.29 is 4.79 Å². The Labute approximate surface area is 145 Å². The first-order chi connectivity index (χ1) is 11.5.